The monoisotopic (exact) mass is 327 g/mol. The molecule has 3 rings (SSSR count). The molecule has 1 saturated heterocycles. The fourth-order valence-corrected chi connectivity index (χ4v) is 3.40. The van der Waals surface area contributed by atoms with E-state index in [2.05, 4.69) is 0 Å². The summed E-state index contributed by atoms with van der Waals surface area (Å²) >= 11 is 6.08. The van der Waals surface area contributed by atoms with Gasteiger partial charge in [0.25, 0.3) is 0 Å². The molecular weight excluding hydrogens is 309 g/mol. The zero-order valence-corrected chi connectivity index (χ0v) is 13.1. The first-order valence-corrected chi connectivity index (χ1v) is 7.87. The Morgan fingerprint density at radius 3 is 3.00 bits per heavy atom. The van der Waals surface area contributed by atoms with Gasteiger partial charge in [-0.25, -0.2) is 4.39 Å². The molecule has 0 spiro atoms. The standard InChI is InChI=1S/C16H19ClFNO3/c1-9-8-22-10(7-20)6-19(9)16(21)12-5-11(12)15-13(17)3-2-4-14(15)18/h2-4,9-12,20H,5-8H2,1H3/t9-,10+,11-,12-/m1/s1. The highest BCUT2D eigenvalue weighted by Crippen LogP contribution is 2.51. The SMILES string of the molecule is C[C@@H]1CO[C@H](CO)CN1C(=O)[C@@H]1C[C@H]1c1c(F)cccc1Cl. The first-order valence-electron chi connectivity index (χ1n) is 7.49. The van der Waals surface area contributed by atoms with Crippen molar-refractivity contribution < 1.29 is 19.0 Å². The highest BCUT2D eigenvalue weighted by Gasteiger charge is 2.49. The highest BCUT2D eigenvalue weighted by atomic mass is 35.5. The van der Waals surface area contributed by atoms with Crippen LogP contribution in [0.3, 0.4) is 0 Å². The summed E-state index contributed by atoms with van der Waals surface area (Å²) in [5.74, 6) is -0.729. The molecule has 1 aliphatic heterocycles. The van der Waals surface area contributed by atoms with Gasteiger partial charge < -0.3 is 14.7 Å². The van der Waals surface area contributed by atoms with Crippen molar-refractivity contribution >= 4 is 17.5 Å². The van der Waals surface area contributed by atoms with Gasteiger partial charge in [-0.15, -0.1) is 0 Å². The molecule has 1 aromatic rings. The molecule has 2 fully saturated rings. The van der Waals surface area contributed by atoms with Crippen LogP contribution in [0.1, 0.15) is 24.8 Å². The normalized spacial score (nSPS) is 31.2. The molecule has 0 aromatic heterocycles. The summed E-state index contributed by atoms with van der Waals surface area (Å²) < 4.78 is 19.4. The van der Waals surface area contributed by atoms with E-state index in [9.17, 15) is 14.3 Å². The summed E-state index contributed by atoms with van der Waals surface area (Å²) in [5.41, 5.74) is 0.446. The highest BCUT2D eigenvalue weighted by molar-refractivity contribution is 6.31. The number of hydrogen-bond acceptors (Lipinski definition) is 3. The molecule has 4 atom stereocenters. The lowest BCUT2D eigenvalue weighted by Crippen LogP contribution is -2.52. The molecule has 1 saturated carbocycles. The number of rotatable bonds is 3. The van der Waals surface area contributed by atoms with Crippen molar-refractivity contribution in [2.45, 2.75) is 31.4 Å². The van der Waals surface area contributed by atoms with Gasteiger partial charge in [-0.3, -0.25) is 4.79 Å². The molecule has 1 N–H and O–H groups in total. The number of carbonyl (C=O) groups is 1. The van der Waals surface area contributed by atoms with E-state index < -0.39 is 0 Å². The van der Waals surface area contributed by atoms with Gasteiger partial charge in [-0.1, -0.05) is 17.7 Å². The Morgan fingerprint density at radius 1 is 1.55 bits per heavy atom. The maximum atomic E-state index is 14.0. The van der Waals surface area contributed by atoms with Crippen molar-refractivity contribution in [2.75, 3.05) is 19.8 Å². The largest absolute Gasteiger partial charge is 0.394 e. The first-order chi connectivity index (χ1) is 10.5. The molecule has 22 heavy (non-hydrogen) atoms. The Labute approximate surface area is 133 Å². The topological polar surface area (TPSA) is 49.8 Å². The van der Waals surface area contributed by atoms with Crippen LogP contribution < -0.4 is 0 Å². The second-order valence-corrected chi connectivity index (χ2v) is 6.47. The average Bonchev–Trinajstić information content (AvgIpc) is 3.27. The third kappa shape index (κ3) is 2.85. The molecule has 1 aliphatic carbocycles. The molecule has 0 unspecified atom stereocenters. The molecule has 1 heterocycles. The van der Waals surface area contributed by atoms with Crippen LogP contribution in [0, 0.1) is 11.7 Å². The molecule has 1 amide bonds. The summed E-state index contributed by atoms with van der Waals surface area (Å²) in [6.07, 6.45) is 0.280. The van der Waals surface area contributed by atoms with Crippen molar-refractivity contribution in [1.29, 1.82) is 0 Å². The lowest BCUT2D eigenvalue weighted by atomic mass is 10.1. The van der Waals surface area contributed by atoms with Gasteiger partial charge in [0.1, 0.15) is 5.82 Å². The molecule has 1 aromatic carbocycles. The summed E-state index contributed by atoms with van der Waals surface area (Å²) in [4.78, 5) is 14.4. The summed E-state index contributed by atoms with van der Waals surface area (Å²) in [5, 5.41) is 9.58. The van der Waals surface area contributed by atoms with Gasteiger partial charge in [0.15, 0.2) is 0 Å². The number of aliphatic hydroxyl groups excluding tert-OH is 1. The van der Waals surface area contributed by atoms with Gasteiger partial charge >= 0.3 is 0 Å². The number of carbonyl (C=O) groups excluding carboxylic acids is 1. The van der Waals surface area contributed by atoms with Crippen molar-refractivity contribution in [2.24, 2.45) is 5.92 Å². The maximum Gasteiger partial charge on any atom is 0.226 e. The second kappa shape index (κ2) is 6.14. The Hall–Kier alpha value is -1.17. The van der Waals surface area contributed by atoms with Crippen molar-refractivity contribution in [1.82, 2.24) is 4.90 Å². The number of nitrogens with zero attached hydrogens (tertiary/aromatic N) is 1. The van der Waals surface area contributed by atoms with E-state index in [4.69, 9.17) is 16.3 Å². The molecule has 4 nitrogen and oxygen atoms in total. The van der Waals surface area contributed by atoms with E-state index in [0.29, 0.717) is 30.2 Å². The molecule has 0 radical (unpaired) electrons. The minimum absolute atomic E-state index is 0.00132. The van der Waals surface area contributed by atoms with Crippen LogP contribution in [0.2, 0.25) is 5.02 Å². The number of aliphatic hydroxyl groups is 1. The Morgan fingerprint density at radius 2 is 2.32 bits per heavy atom. The molecule has 6 heteroatoms. The molecule has 120 valence electrons. The molecule has 2 aliphatic rings. The Kier molecular flexibility index (Phi) is 4.39. The van der Waals surface area contributed by atoms with Crippen molar-refractivity contribution in [3.05, 3.63) is 34.6 Å². The van der Waals surface area contributed by atoms with Crippen molar-refractivity contribution in [3.63, 3.8) is 0 Å². The fraction of sp³-hybridized carbons (Fsp3) is 0.562. The van der Waals surface area contributed by atoms with Crippen LogP contribution in [0.4, 0.5) is 4.39 Å². The summed E-state index contributed by atoms with van der Waals surface area (Å²) in [7, 11) is 0. The summed E-state index contributed by atoms with van der Waals surface area (Å²) in [6.45, 7) is 2.60. The zero-order valence-electron chi connectivity index (χ0n) is 12.3. The van der Waals surface area contributed by atoms with Gasteiger partial charge in [0.05, 0.1) is 25.4 Å². The fourth-order valence-electron chi connectivity index (χ4n) is 3.10. The van der Waals surface area contributed by atoms with E-state index in [1.165, 1.54) is 6.07 Å². The lowest BCUT2D eigenvalue weighted by molar-refractivity contribution is -0.147. The number of morpholine rings is 1. The number of hydrogen-bond donors (Lipinski definition) is 1. The minimum atomic E-state index is -0.351. The van der Waals surface area contributed by atoms with Crippen LogP contribution >= 0.6 is 11.6 Å². The van der Waals surface area contributed by atoms with Gasteiger partial charge in [0, 0.05) is 29.0 Å². The van der Waals surface area contributed by atoms with E-state index in [-0.39, 0.29) is 42.3 Å². The second-order valence-electron chi connectivity index (χ2n) is 6.06. The van der Waals surface area contributed by atoms with Crippen molar-refractivity contribution in [3.8, 4) is 0 Å². The van der Waals surface area contributed by atoms with Crippen LogP contribution in [0.25, 0.3) is 0 Å². The predicted octanol–water partition coefficient (Wildman–Crippen LogP) is 2.19. The third-order valence-electron chi connectivity index (χ3n) is 4.47. The number of benzene rings is 1. The molecule has 0 bridgehead atoms. The van der Waals surface area contributed by atoms with E-state index in [0.717, 1.165) is 0 Å². The molecular formula is C16H19ClFNO3. The van der Waals surface area contributed by atoms with Crippen LogP contribution in [-0.2, 0) is 9.53 Å². The van der Waals surface area contributed by atoms with E-state index in [1.54, 1.807) is 17.0 Å². The van der Waals surface area contributed by atoms with Crippen LogP contribution in [0.15, 0.2) is 18.2 Å². The maximum absolute atomic E-state index is 14.0. The van der Waals surface area contributed by atoms with E-state index >= 15 is 0 Å². The third-order valence-corrected chi connectivity index (χ3v) is 4.80. The van der Waals surface area contributed by atoms with Gasteiger partial charge in [-0.05, 0) is 25.5 Å². The lowest BCUT2D eigenvalue weighted by Gasteiger charge is -2.37. The number of ether oxygens (including phenoxy) is 1. The first kappa shape index (κ1) is 15.7. The number of amides is 1. The quantitative estimate of drug-likeness (QED) is 0.926. The predicted molar refractivity (Wildman–Crippen MR) is 80.3 cm³/mol. The smallest absolute Gasteiger partial charge is 0.226 e. The van der Waals surface area contributed by atoms with Gasteiger partial charge in [-0.2, -0.15) is 0 Å². The Bertz CT molecular complexity index is 562. The number of halogens is 2. The van der Waals surface area contributed by atoms with Gasteiger partial charge in [0.2, 0.25) is 5.91 Å². The minimum Gasteiger partial charge on any atom is -0.394 e. The van der Waals surface area contributed by atoms with Crippen LogP contribution in [-0.4, -0.2) is 47.8 Å². The summed E-state index contributed by atoms with van der Waals surface area (Å²) in [6, 6.07) is 4.56. The zero-order chi connectivity index (χ0) is 15.9. The average molecular weight is 328 g/mol. The van der Waals surface area contributed by atoms with Crippen LogP contribution in [0.5, 0.6) is 0 Å². The Balaban J connectivity index is 1.72. The van der Waals surface area contributed by atoms with E-state index in [1.807, 2.05) is 6.92 Å².